The van der Waals surface area contributed by atoms with Gasteiger partial charge >= 0.3 is 0 Å². The van der Waals surface area contributed by atoms with Gasteiger partial charge in [-0.3, -0.25) is 10.1 Å². The molecule has 1 aliphatic rings. The minimum Gasteiger partial charge on any atom is -0.377 e. The molecule has 0 spiro atoms. The molecule has 0 aliphatic heterocycles. The van der Waals surface area contributed by atoms with Gasteiger partial charge in [0.15, 0.2) is 0 Å². The summed E-state index contributed by atoms with van der Waals surface area (Å²) in [5.74, 6) is 0.756. The topological polar surface area (TPSA) is 55.2 Å². The Bertz CT molecular complexity index is 465. The molecule has 104 valence electrons. The van der Waals surface area contributed by atoms with E-state index in [9.17, 15) is 10.1 Å². The zero-order valence-electron chi connectivity index (χ0n) is 11.1. The predicted molar refractivity (Wildman–Crippen MR) is 77.8 cm³/mol. The maximum absolute atomic E-state index is 11.0. The first-order chi connectivity index (χ1) is 9.06. The Balaban J connectivity index is 2.12. The molecule has 0 bridgehead atoms. The van der Waals surface area contributed by atoms with Gasteiger partial charge in [-0.1, -0.05) is 31.4 Å². The van der Waals surface area contributed by atoms with Gasteiger partial charge in [0.2, 0.25) is 0 Å². The van der Waals surface area contributed by atoms with Crippen LogP contribution in [0.4, 0.5) is 11.4 Å². The number of hydrogen-bond donors (Lipinski definition) is 1. The minimum atomic E-state index is -0.381. The van der Waals surface area contributed by atoms with Gasteiger partial charge in [0.1, 0.15) is 5.69 Å². The number of nitrogens with zero attached hydrogens (tertiary/aromatic N) is 1. The van der Waals surface area contributed by atoms with Crippen molar-refractivity contribution in [2.24, 2.45) is 5.92 Å². The summed E-state index contributed by atoms with van der Waals surface area (Å²) in [7, 11) is 0. The second-order valence-electron chi connectivity index (χ2n) is 5.37. The predicted octanol–water partition coefficient (Wildman–Crippen LogP) is 4.63. The summed E-state index contributed by atoms with van der Waals surface area (Å²) in [6.07, 6.45) is 5.76. The smallest absolute Gasteiger partial charge is 0.293 e. The van der Waals surface area contributed by atoms with E-state index in [4.69, 9.17) is 11.6 Å². The van der Waals surface area contributed by atoms with Crippen LogP contribution in [0.25, 0.3) is 0 Å². The molecule has 0 aromatic heterocycles. The first-order valence-electron chi connectivity index (χ1n) is 6.76. The maximum Gasteiger partial charge on any atom is 0.293 e. The van der Waals surface area contributed by atoms with E-state index in [1.165, 1.54) is 25.3 Å². The molecule has 0 radical (unpaired) electrons. The summed E-state index contributed by atoms with van der Waals surface area (Å²) in [5.41, 5.74) is 0.638. The third kappa shape index (κ3) is 3.83. The Morgan fingerprint density at radius 1 is 1.32 bits per heavy atom. The molecule has 1 saturated carbocycles. The van der Waals surface area contributed by atoms with Gasteiger partial charge in [-0.05, 0) is 37.3 Å². The van der Waals surface area contributed by atoms with E-state index in [0.717, 1.165) is 18.8 Å². The van der Waals surface area contributed by atoms with Gasteiger partial charge in [-0.2, -0.15) is 0 Å². The van der Waals surface area contributed by atoms with Crippen molar-refractivity contribution in [3.63, 3.8) is 0 Å². The lowest BCUT2D eigenvalue weighted by molar-refractivity contribution is -0.384. The SMILES string of the molecule is CC1CCCC(Nc2ccc(Cl)cc2[N+](=O)[O-])CC1. The molecule has 0 saturated heterocycles. The molecule has 0 heterocycles. The first kappa shape index (κ1) is 14.1. The average Bonchev–Trinajstić information content (AvgIpc) is 2.56. The highest BCUT2D eigenvalue weighted by Gasteiger charge is 2.20. The van der Waals surface area contributed by atoms with Gasteiger partial charge in [-0.15, -0.1) is 0 Å². The third-order valence-corrected chi connectivity index (χ3v) is 4.01. The van der Waals surface area contributed by atoms with Crippen LogP contribution < -0.4 is 5.32 Å². The summed E-state index contributed by atoms with van der Waals surface area (Å²) in [4.78, 5) is 10.7. The van der Waals surface area contributed by atoms with Crippen molar-refractivity contribution < 1.29 is 4.92 Å². The van der Waals surface area contributed by atoms with Crippen LogP contribution >= 0.6 is 11.6 Å². The Kier molecular flexibility index (Phi) is 4.64. The number of nitrogens with one attached hydrogen (secondary N) is 1. The first-order valence-corrected chi connectivity index (χ1v) is 7.14. The fraction of sp³-hybridized carbons (Fsp3) is 0.571. The average molecular weight is 283 g/mol. The van der Waals surface area contributed by atoms with E-state index in [1.54, 1.807) is 12.1 Å². The highest BCUT2D eigenvalue weighted by Crippen LogP contribution is 2.31. The highest BCUT2D eigenvalue weighted by atomic mass is 35.5. The van der Waals surface area contributed by atoms with Crippen molar-refractivity contribution in [1.29, 1.82) is 0 Å². The molecule has 2 unspecified atom stereocenters. The molecule has 1 aromatic rings. The molecule has 2 rings (SSSR count). The third-order valence-electron chi connectivity index (χ3n) is 3.77. The van der Waals surface area contributed by atoms with Crippen LogP contribution in [-0.4, -0.2) is 11.0 Å². The molecule has 19 heavy (non-hydrogen) atoms. The molecule has 1 fully saturated rings. The molecule has 4 nitrogen and oxygen atoms in total. The Hall–Kier alpha value is -1.29. The van der Waals surface area contributed by atoms with E-state index in [0.29, 0.717) is 16.8 Å². The van der Waals surface area contributed by atoms with Crippen molar-refractivity contribution in [2.75, 3.05) is 5.32 Å². The fourth-order valence-corrected chi connectivity index (χ4v) is 2.80. The van der Waals surface area contributed by atoms with Crippen molar-refractivity contribution in [3.8, 4) is 0 Å². The van der Waals surface area contributed by atoms with Crippen LogP contribution in [0.15, 0.2) is 18.2 Å². The second kappa shape index (κ2) is 6.24. The Morgan fingerprint density at radius 3 is 2.84 bits per heavy atom. The van der Waals surface area contributed by atoms with E-state index in [-0.39, 0.29) is 10.6 Å². The van der Waals surface area contributed by atoms with E-state index < -0.39 is 0 Å². The fourth-order valence-electron chi connectivity index (χ4n) is 2.63. The summed E-state index contributed by atoms with van der Waals surface area (Å²) in [6, 6.07) is 5.12. The van der Waals surface area contributed by atoms with Gasteiger partial charge < -0.3 is 5.32 Å². The van der Waals surface area contributed by atoms with Crippen LogP contribution in [0.2, 0.25) is 5.02 Å². The normalized spacial score (nSPS) is 23.7. The number of hydrogen-bond acceptors (Lipinski definition) is 3. The van der Waals surface area contributed by atoms with Crippen LogP contribution in [-0.2, 0) is 0 Å². The zero-order chi connectivity index (χ0) is 13.8. The molecule has 1 aromatic carbocycles. The summed E-state index contributed by atoms with van der Waals surface area (Å²) >= 11 is 5.82. The maximum atomic E-state index is 11.0. The minimum absolute atomic E-state index is 0.0600. The van der Waals surface area contributed by atoms with Crippen LogP contribution in [0.3, 0.4) is 0 Å². The van der Waals surface area contributed by atoms with Crippen LogP contribution in [0, 0.1) is 16.0 Å². The number of anilines is 1. The van der Waals surface area contributed by atoms with Gasteiger partial charge in [0, 0.05) is 17.1 Å². The molecular weight excluding hydrogens is 264 g/mol. The lowest BCUT2D eigenvalue weighted by Crippen LogP contribution is -2.19. The van der Waals surface area contributed by atoms with Crippen LogP contribution in [0.1, 0.15) is 39.0 Å². The molecule has 0 amide bonds. The van der Waals surface area contributed by atoms with Crippen molar-refractivity contribution in [3.05, 3.63) is 33.3 Å². The monoisotopic (exact) mass is 282 g/mol. The number of halogens is 1. The molecule has 1 aliphatic carbocycles. The van der Waals surface area contributed by atoms with E-state index >= 15 is 0 Å². The molecule has 5 heteroatoms. The zero-order valence-corrected chi connectivity index (χ0v) is 11.8. The number of nitro benzene ring substituents is 1. The Morgan fingerprint density at radius 2 is 2.11 bits per heavy atom. The van der Waals surface area contributed by atoms with E-state index in [2.05, 4.69) is 12.2 Å². The lowest BCUT2D eigenvalue weighted by Gasteiger charge is -2.17. The standard InChI is InChI=1S/C14H19ClN2O2/c1-10-3-2-4-12(7-5-10)16-13-8-6-11(15)9-14(13)17(18)19/h6,8-10,12,16H,2-5,7H2,1H3. The number of benzene rings is 1. The molecule has 1 N–H and O–H groups in total. The van der Waals surface area contributed by atoms with Crippen molar-refractivity contribution >= 4 is 23.0 Å². The summed E-state index contributed by atoms with van der Waals surface area (Å²) in [5, 5.41) is 14.8. The quantitative estimate of drug-likeness (QED) is 0.499. The van der Waals surface area contributed by atoms with Gasteiger partial charge in [0.25, 0.3) is 5.69 Å². The summed E-state index contributed by atoms with van der Waals surface area (Å²) in [6.45, 7) is 2.27. The van der Waals surface area contributed by atoms with Crippen molar-refractivity contribution in [1.82, 2.24) is 0 Å². The molecular formula is C14H19ClN2O2. The summed E-state index contributed by atoms with van der Waals surface area (Å²) < 4.78 is 0. The highest BCUT2D eigenvalue weighted by molar-refractivity contribution is 6.30. The number of rotatable bonds is 3. The van der Waals surface area contributed by atoms with Crippen molar-refractivity contribution in [2.45, 2.75) is 45.1 Å². The van der Waals surface area contributed by atoms with Gasteiger partial charge in [0.05, 0.1) is 4.92 Å². The lowest BCUT2D eigenvalue weighted by atomic mass is 10.0. The van der Waals surface area contributed by atoms with Crippen LogP contribution in [0.5, 0.6) is 0 Å². The van der Waals surface area contributed by atoms with Gasteiger partial charge in [-0.25, -0.2) is 0 Å². The second-order valence-corrected chi connectivity index (χ2v) is 5.81. The van der Waals surface area contributed by atoms with E-state index in [1.807, 2.05) is 0 Å². The Labute approximate surface area is 118 Å². The largest absolute Gasteiger partial charge is 0.377 e. The number of nitro groups is 1. The molecule has 2 atom stereocenters.